The van der Waals surface area contributed by atoms with Crippen molar-refractivity contribution in [3.63, 3.8) is 0 Å². The Morgan fingerprint density at radius 1 is 1.77 bits per heavy atom. The van der Waals surface area contributed by atoms with Crippen LogP contribution in [-0.4, -0.2) is 26.1 Å². The van der Waals surface area contributed by atoms with E-state index in [4.69, 9.17) is 12.6 Å². The zero-order valence-corrected chi connectivity index (χ0v) is 11.0. The van der Waals surface area contributed by atoms with Crippen LogP contribution in [0.2, 0.25) is 0 Å². The van der Waals surface area contributed by atoms with Gasteiger partial charge in [-0.15, -0.1) is 0 Å². The summed E-state index contributed by atoms with van der Waals surface area (Å²) in [5.41, 5.74) is 0. The summed E-state index contributed by atoms with van der Waals surface area (Å²) >= 11 is 0. The Kier molecular flexibility index (Phi) is 7.18. The summed E-state index contributed by atoms with van der Waals surface area (Å²) in [4.78, 5) is 10.2. The molecule has 0 aromatic carbocycles. The second kappa shape index (κ2) is 6.60. The van der Waals surface area contributed by atoms with Gasteiger partial charge in [-0.3, -0.25) is 6.42 Å². The fraction of sp³-hybridized carbons (Fsp3) is 0.833. The maximum atomic E-state index is 10.2. The first-order valence-corrected chi connectivity index (χ1v) is 4.80. The van der Waals surface area contributed by atoms with Crippen molar-refractivity contribution in [3.05, 3.63) is 6.42 Å². The molecule has 0 aromatic rings. The molecule has 2 unspecified atom stereocenters. The van der Waals surface area contributed by atoms with Gasteiger partial charge < -0.3 is 9.63 Å². The summed E-state index contributed by atoms with van der Waals surface area (Å²) in [6.45, 7) is 1.88. The first-order chi connectivity index (χ1) is 5.63. The van der Waals surface area contributed by atoms with Crippen molar-refractivity contribution >= 4 is 16.1 Å². The predicted molar refractivity (Wildman–Crippen MR) is 41.5 cm³/mol. The van der Waals surface area contributed by atoms with E-state index in [-0.39, 0.29) is 38.8 Å². The Labute approximate surface area is 105 Å². The van der Waals surface area contributed by atoms with Crippen molar-refractivity contribution in [2.45, 2.75) is 31.6 Å². The molecule has 4 atom stereocenters. The van der Waals surface area contributed by atoms with Gasteiger partial charge in [0.25, 0.3) is 0 Å². The van der Waals surface area contributed by atoms with E-state index in [2.05, 4.69) is 4.52 Å². The molecule has 0 bridgehead atoms. The molecule has 0 saturated carbocycles. The smallest absolute Gasteiger partial charge is 0.486 e. The van der Waals surface area contributed by atoms with Crippen LogP contribution in [0.25, 0.3) is 0 Å². The van der Waals surface area contributed by atoms with Gasteiger partial charge in [0, 0.05) is 38.8 Å². The summed E-state index contributed by atoms with van der Waals surface area (Å²) in [6, 6.07) is -0.519. The Hall–Kier alpha value is 1.15. The van der Waals surface area contributed by atoms with Crippen molar-refractivity contribution in [3.8, 4) is 0 Å². The zero-order chi connectivity index (χ0) is 9.14. The Balaban J connectivity index is 0.00000144. The van der Waals surface area contributed by atoms with Gasteiger partial charge in [-0.2, -0.15) is 4.52 Å². The SMILES string of the molecule is [B][C@H]1[CH-]C(O[P+](=O)[O-])[C@@H](CC)O1.[Y]. The molecular formula is C6H9BO4PY-. The van der Waals surface area contributed by atoms with Crippen LogP contribution in [0.5, 0.6) is 0 Å². The first-order valence-electron chi connectivity index (χ1n) is 3.70. The molecule has 69 valence electrons. The van der Waals surface area contributed by atoms with E-state index in [1.54, 1.807) is 6.42 Å². The van der Waals surface area contributed by atoms with Gasteiger partial charge in [0.05, 0.1) is 14.0 Å². The van der Waals surface area contributed by atoms with Crippen LogP contribution < -0.4 is 4.89 Å². The molecule has 1 aliphatic heterocycles. The summed E-state index contributed by atoms with van der Waals surface area (Å²) in [5, 5.41) is 0. The quantitative estimate of drug-likeness (QED) is 0.410. The third kappa shape index (κ3) is 4.46. The number of ether oxygens (including phenoxy) is 1. The van der Waals surface area contributed by atoms with Crippen LogP contribution in [0.4, 0.5) is 0 Å². The standard InChI is InChI=1S/C6H9BO4P.Y/c1-2-4-5(11-12(8)9)3-6(7)10-4;/h3-6H,2H2,1H3;/q-1;/t4-,5?,6-;/m1./s1. The van der Waals surface area contributed by atoms with Gasteiger partial charge in [0.15, 0.2) is 0 Å². The van der Waals surface area contributed by atoms with E-state index in [0.717, 1.165) is 0 Å². The van der Waals surface area contributed by atoms with Crippen molar-refractivity contribution in [2.75, 3.05) is 0 Å². The van der Waals surface area contributed by atoms with Gasteiger partial charge in [-0.1, -0.05) is 12.9 Å². The number of rotatable bonds is 3. The normalized spacial score (nSPS) is 34.0. The third-order valence-corrected chi connectivity index (χ3v) is 2.10. The van der Waals surface area contributed by atoms with Crippen LogP contribution in [0.3, 0.4) is 0 Å². The van der Waals surface area contributed by atoms with E-state index in [1.807, 2.05) is 6.92 Å². The topological polar surface area (TPSA) is 58.6 Å². The average Bonchev–Trinajstić information content (AvgIpc) is 2.29. The molecule has 7 heteroatoms. The molecule has 1 saturated heterocycles. The van der Waals surface area contributed by atoms with E-state index < -0.39 is 20.4 Å². The van der Waals surface area contributed by atoms with Crippen LogP contribution in [0.1, 0.15) is 13.3 Å². The molecule has 13 heavy (non-hydrogen) atoms. The fourth-order valence-electron chi connectivity index (χ4n) is 1.17. The maximum absolute atomic E-state index is 10.2. The Bertz CT molecular complexity index is 182. The minimum Gasteiger partial charge on any atom is -0.566 e. The molecular weight excluding hydrogens is 267 g/mol. The molecule has 3 radical (unpaired) electrons. The number of hydrogen-bond donors (Lipinski definition) is 0. The molecule has 0 aliphatic carbocycles. The molecule has 0 aromatic heterocycles. The summed E-state index contributed by atoms with van der Waals surface area (Å²) < 4.78 is 20.0. The average molecular weight is 276 g/mol. The predicted octanol–water partition coefficient (Wildman–Crippen LogP) is -0.106. The van der Waals surface area contributed by atoms with Crippen LogP contribution in [0.15, 0.2) is 0 Å². The molecule has 1 rings (SSSR count). The fourth-order valence-corrected chi connectivity index (χ4v) is 1.57. The van der Waals surface area contributed by atoms with Crippen molar-refractivity contribution < 1.29 is 51.4 Å². The van der Waals surface area contributed by atoms with Gasteiger partial charge in [-0.25, -0.2) is 0 Å². The van der Waals surface area contributed by atoms with Crippen molar-refractivity contribution in [1.82, 2.24) is 0 Å². The van der Waals surface area contributed by atoms with Gasteiger partial charge in [0.2, 0.25) is 0 Å². The minimum atomic E-state index is -2.83. The van der Waals surface area contributed by atoms with Crippen molar-refractivity contribution in [1.29, 1.82) is 0 Å². The first kappa shape index (κ1) is 14.1. The minimum absolute atomic E-state index is 0. The molecule has 1 heterocycles. The van der Waals surface area contributed by atoms with E-state index in [9.17, 15) is 9.46 Å². The van der Waals surface area contributed by atoms with Crippen molar-refractivity contribution in [2.24, 2.45) is 0 Å². The largest absolute Gasteiger partial charge is 0.566 e. The summed E-state index contributed by atoms with van der Waals surface area (Å²) in [6.07, 6.45) is 1.45. The van der Waals surface area contributed by atoms with Crippen LogP contribution >= 0.6 is 8.25 Å². The Morgan fingerprint density at radius 2 is 2.38 bits per heavy atom. The monoisotopic (exact) mass is 276 g/mol. The molecule has 4 nitrogen and oxygen atoms in total. The second-order valence-corrected chi connectivity index (χ2v) is 3.19. The van der Waals surface area contributed by atoms with Crippen LogP contribution in [0, 0.1) is 6.42 Å². The molecule has 1 fully saturated rings. The molecule has 0 amide bonds. The molecule has 1 aliphatic rings. The van der Waals surface area contributed by atoms with E-state index in [0.29, 0.717) is 6.42 Å². The van der Waals surface area contributed by atoms with E-state index >= 15 is 0 Å². The van der Waals surface area contributed by atoms with Gasteiger partial charge >= 0.3 is 8.25 Å². The maximum Gasteiger partial charge on any atom is 0.486 e. The second-order valence-electron chi connectivity index (χ2n) is 2.53. The van der Waals surface area contributed by atoms with Gasteiger partial charge in [0.1, 0.15) is 0 Å². The Morgan fingerprint density at radius 3 is 2.85 bits per heavy atom. The van der Waals surface area contributed by atoms with Gasteiger partial charge in [-0.05, 0) is 11.0 Å². The summed E-state index contributed by atoms with van der Waals surface area (Å²) in [5.74, 6) is 0. The number of hydrogen-bond acceptors (Lipinski definition) is 4. The molecule has 0 N–H and O–H groups in total. The van der Waals surface area contributed by atoms with E-state index in [1.165, 1.54) is 0 Å². The van der Waals surface area contributed by atoms with Crippen LogP contribution in [-0.2, 0) is 46.5 Å². The zero-order valence-electron chi connectivity index (χ0n) is 7.25. The molecule has 0 spiro atoms. The third-order valence-electron chi connectivity index (χ3n) is 1.69. The summed E-state index contributed by atoms with van der Waals surface area (Å²) in [7, 11) is 2.58.